The van der Waals surface area contributed by atoms with E-state index in [-0.39, 0.29) is 12.5 Å². The Morgan fingerprint density at radius 3 is 2.56 bits per heavy atom. The van der Waals surface area contributed by atoms with Crippen LogP contribution in [0.4, 0.5) is 5.69 Å². The highest BCUT2D eigenvalue weighted by Crippen LogP contribution is 2.26. The van der Waals surface area contributed by atoms with Crippen molar-refractivity contribution in [1.29, 1.82) is 0 Å². The smallest absolute Gasteiger partial charge is 0.253 e. The molecule has 1 heterocycles. The topological polar surface area (TPSA) is 76.0 Å². The van der Waals surface area contributed by atoms with Gasteiger partial charge in [0.05, 0.1) is 17.1 Å². The lowest BCUT2D eigenvalue weighted by Gasteiger charge is -2.08. The molecule has 0 atom stereocenters. The number of imidazole rings is 1. The zero-order chi connectivity index (χ0) is 19.2. The van der Waals surface area contributed by atoms with Crippen molar-refractivity contribution in [2.75, 3.05) is 11.9 Å². The average molecular weight is 401 g/mol. The molecule has 0 spiro atoms. The van der Waals surface area contributed by atoms with Gasteiger partial charge < -0.3 is 15.2 Å². The van der Waals surface area contributed by atoms with Crippen LogP contribution in [-0.4, -0.2) is 27.9 Å². The van der Waals surface area contributed by atoms with Gasteiger partial charge in [-0.05, 0) is 36.4 Å². The van der Waals surface area contributed by atoms with E-state index in [1.54, 1.807) is 42.6 Å². The number of carbonyl (C=O) groups excluding carboxylic acids is 2. The lowest BCUT2D eigenvalue weighted by atomic mass is 10.2. The third kappa shape index (κ3) is 5.12. The molecule has 0 fully saturated rings. The summed E-state index contributed by atoms with van der Waals surface area (Å²) < 4.78 is 1.93. The predicted octanol–water partition coefficient (Wildman–Crippen LogP) is 3.59. The maximum absolute atomic E-state index is 12.1. The van der Waals surface area contributed by atoms with E-state index in [2.05, 4.69) is 15.6 Å². The van der Waals surface area contributed by atoms with Crippen LogP contribution < -0.4 is 10.6 Å². The number of rotatable bonds is 6. The van der Waals surface area contributed by atoms with Gasteiger partial charge in [0.1, 0.15) is 0 Å². The molecule has 3 rings (SSSR count). The number of aryl methyl sites for hydroxylation is 1. The maximum atomic E-state index is 12.1. The van der Waals surface area contributed by atoms with Crippen LogP contribution in [0.15, 0.2) is 71.0 Å². The summed E-state index contributed by atoms with van der Waals surface area (Å²) in [5.74, 6) is -0.711. The molecule has 0 aliphatic rings. The number of hydrogen-bond acceptors (Lipinski definition) is 4. The second kappa shape index (κ2) is 8.75. The number of benzene rings is 2. The van der Waals surface area contributed by atoms with Crippen LogP contribution in [0.25, 0.3) is 0 Å². The van der Waals surface area contributed by atoms with Crippen molar-refractivity contribution < 1.29 is 9.59 Å². The number of carbonyl (C=O) groups is 2. The van der Waals surface area contributed by atoms with Crippen LogP contribution in [0.5, 0.6) is 0 Å². The quantitative estimate of drug-likeness (QED) is 0.663. The highest BCUT2D eigenvalue weighted by molar-refractivity contribution is 7.99. The first-order valence-corrected chi connectivity index (χ1v) is 9.30. The van der Waals surface area contributed by atoms with Crippen molar-refractivity contribution >= 4 is 40.9 Å². The summed E-state index contributed by atoms with van der Waals surface area (Å²) >= 11 is 7.50. The molecule has 0 saturated heterocycles. The van der Waals surface area contributed by atoms with Crippen molar-refractivity contribution in [3.63, 3.8) is 0 Å². The normalized spacial score (nSPS) is 10.4. The fourth-order valence-corrected chi connectivity index (χ4v) is 3.29. The van der Waals surface area contributed by atoms with E-state index in [0.29, 0.717) is 16.3 Å². The fourth-order valence-electron chi connectivity index (χ4n) is 2.27. The molecule has 27 heavy (non-hydrogen) atoms. The fraction of sp³-hybridized carbons (Fsp3) is 0.105. The lowest BCUT2D eigenvalue weighted by molar-refractivity contribution is -0.115. The first kappa shape index (κ1) is 19.0. The monoisotopic (exact) mass is 400 g/mol. The van der Waals surface area contributed by atoms with Crippen molar-refractivity contribution in [2.24, 2.45) is 7.05 Å². The molecule has 0 bridgehead atoms. The van der Waals surface area contributed by atoms with E-state index in [1.807, 2.05) is 29.9 Å². The molecule has 2 N–H and O–H groups in total. The average Bonchev–Trinajstić information content (AvgIpc) is 3.06. The summed E-state index contributed by atoms with van der Waals surface area (Å²) in [5.41, 5.74) is 0.985. The Morgan fingerprint density at radius 2 is 1.89 bits per heavy atom. The highest BCUT2D eigenvalue weighted by atomic mass is 35.5. The molecule has 0 aliphatic heterocycles. The molecule has 3 aromatic rings. The van der Waals surface area contributed by atoms with Crippen LogP contribution in [0.1, 0.15) is 10.4 Å². The molecule has 1 aromatic heterocycles. The number of nitrogens with zero attached hydrogens (tertiary/aromatic N) is 2. The van der Waals surface area contributed by atoms with Crippen molar-refractivity contribution in [3.05, 3.63) is 71.5 Å². The number of aromatic nitrogens is 2. The standard InChI is InChI=1S/C19H17ClN4O2S/c1-24-11-10-21-19(24)27-14-8-6-13(7-9-14)23-17(25)12-22-18(26)15-4-2-3-5-16(15)20/h2-11H,12H2,1H3,(H,22,26)(H,23,25). The molecule has 138 valence electrons. The van der Waals surface area contributed by atoms with Crippen LogP contribution in [0.3, 0.4) is 0 Å². The number of halogens is 1. The van der Waals surface area contributed by atoms with Gasteiger partial charge in [-0.25, -0.2) is 4.98 Å². The molecular formula is C19H17ClN4O2S. The van der Waals surface area contributed by atoms with Gasteiger partial charge in [-0.3, -0.25) is 9.59 Å². The van der Waals surface area contributed by atoms with E-state index >= 15 is 0 Å². The summed E-state index contributed by atoms with van der Waals surface area (Å²) in [6.07, 6.45) is 3.63. The Morgan fingerprint density at radius 1 is 1.15 bits per heavy atom. The largest absolute Gasteiger partial charge is 0.343 e. The summed E-state index contributed by atoms with van der Waals surface area (Å²) in [4.78, 5) is 29.4. The summed E-state index contributed by atoms with van der Waals surface area (Å²) in [7, 11) is 1.93. The second-order valence-electron chi connectivity index (χ2n) is 5.66. The van der Waals surface area contributed by atoms with Gasteiger partial charge in [0.15, 0.2) is 5.16 Å². The van der Waals surface area contributed by atoms with Crippen molar-refractivity contribution in [3.8, 4) is 0 Å². The molecule has 0 radical (unpaired) electrons. The number of nitrogens with one attached hydrogen (secondary N) is 2. The van der Waals surface area contributed by atoms with Gasteiger partial charge in [-0.1, -0.05) is 35.5 Å². The van der Waals surface area contributed by atoms with Gasteiger partial charge in [-0.15, -0.1) is 0 Å². The summed E-state index contributed by atoms with van der Waals surface area (Å²) in [5, 5.41) is 6.53. The van der Waals surface area contributed by atoms with Gasteiger partial charge in [0.2, 0.25) is 5.91 Å². The maximum Gasteiger partial charge on any atom is 0.253 e. The van der Waals surface area contributed by atoms with Crippen molar-refractivity contribution in [1.82, 2.24) is 14.9 Å². The van der Waals surface area contributed by atoms with Crippen LogP contribution in [-0.2, 0) is 11.8 Å². The Balaban J connectivity index is 1.51. The molecular weight excluding hydrogens is 384 g/mol. The van der Waals surface area contributed by atoms with Gasteiger partial charge >= 0.3 is 0 Å². The third-order valence-corrected chi connectivity index (χ3v) is 5.07. The van der Waals surface area contributed by atoms with Crippen LogP contribution in [0.2, 0.25) is 5.02 Å². The molecule has 0 aliphatic carbocycles. The minimum atomic E-state index is -0.391. The van der Waals surface area contributed by atoms with Gasteiger partial charge in [0.25, 0.3) is 5.91 Å². The Hall–Kier alpha value is -2.77. The molecule has 6 nitrogen and oxygen atoms in total. The minimum Gasteiger partial charge on any atom is -0.343 e. The first-order chi connectivity index (χ1) is 13.0. The van der Waals surface area contributed by atoms with Gasteiger partial charge in [0, 0.05) is 30.0 Å². The molecule has 0 unspecified atom stereocenters. The number of hydrogen-bond donors (Lipinski definition) is 2. The lowest BCUT2D eigenvalue weighted by Crippen LogP contribution is -2.32. The summed E-state index contributed by atoms with van der Waals surface area (Å²) in [6.45, 7) is -0.145. The minimum absolute atomic E-state index is 0.145. The Bertz CT molecular complexity index is 956. The highest BCUT2D eigenvalue weighted by Gasteiger charge is 2.11. The van der Waals surface area contributed by atoms with Crippen LogP contribution in [0, 0.1) is 0 Å². The summed E-state index contributed by atoms with van der Waals surface area (Å²) in [6, 6.07) is 14.1. The van der Waals surface area contributed by atoms with E-state index in [0.717, 1.165) is 10.1 Å². The van der Waals surface area contributed by atoms with E-state index in [4.69, 9.17) is 11.6 Å². The predicted molar refractivity (Wildman–Crippen MR) is 106 cm³/mol. The van der Waals surface area contributed by atoms with Crippen LogP contribution >= 0.6 is 23.4 Å². The molecule has 2 aromatic carbocycles. The Labute approximate surface area is 165 Å². The number of anilines is 1. The first-order valence-electron chi connectivity index (χ1n) is 8.11. The van der Waals surface area contributed by atoms with Crippen molar-refractivity contribution in [2.45, 2.75) is 10.1 Å². The second-order valence-corrected chi connectivity index (χ2v) is 7.11. The zero-order valence-electron chi connectivity index (χ0n) is 14.5. The molecule has 0 saturated carbocycles. The Kier molecular flexibility index (Phi) is 6.16. The molecule has 2 amide bonds. The SMILES string of the molecule is Cn1ccnc1Sc1ccc(NC(=O)CNC(=O)c2ccccc2Cl)cc1. The number of amides is 2. The van der Waals surface area contributed by atoms with Gasteiger partial charge in [-0.2, -0.15) is 0 Å². The molecule has 8 heteroatoms. The third-order valence-electron chi connectivity index (χ3n) is 3.65. The zero-order valence-corrected chi connectivity index (χ0v) is 16.1. The van der Waals surface area contributed by atoms with E-state index < -0.39 is 5.91 Å². The van der Waals surface area contributed by atoms with E-state index in [1.165, 1.54) is 11.8 Å². The van der Waals surface area contributed by atoms with E-state index in [9.17, 15) is 9.59 Å².